The summed E-state index contributed by atoms with van der Waals surface area (Å²) in [6.07, 6.45) is 2.81. The molecule has 0 saturated carbocycles. The molecule has 1 atom stereocenters. The van der Waals surface area contributed by atoms with Crippen LogP contribution in [0.25, 0.3) is 0 Å². The first-order valence-electron chi connectivity index (χ1n) is 6.76. The van der Waals surface area contributed by atoms with Crippen molar-refractivity contribution >= 4 is 17.5 Å². The number of pyridine rings is 1. The number of amides is 1. The topological polar surface area (TPSA) is 65.5 Å². The molecule has 1 aliphatic heterocycles. The van der Waals surface area contributed by atoms with E-state index in [1.807, 2.05) is 6.92 Å². The van der Waals surface area contributed by atoms with E-state index < -0.39 is 5.60 Å². The second kappa shape index (κ2) is 6.08. The lowest BCUT2D eigenvalue weighted by Crippen LogP contribution is -2.56. The van der Waals surface area contributed by atoms with Gasteiger partial charge in [0.05, 0.1) is 17.2 Å². The molecule has 2 rings (SSSR count). The minimum absolute atomic E-state index is 0.189. The highest BCUT2D eigenvalue weighted by Gasteiger charge is 2.39. The molecule has 1 fully saturated rings. The molecule has 0 aliphatic carbocycles. The molecule has 1 aromatic heterocycles. The molecule has 1 aliphatic rings. The fraction of sp³-hybridized carbons (Fsp3) is 0.571. The zero-order chi connectivity index (χ0) is 14.8. The van der Waals surface area contributed by atoms with Crippen molar-refractivity contribution in [2.24, 2.45) is 0 Å². The smallest absolute Gasteiger partial charge is 0.257 e. The molecule has 5 nitrogen and oxygen atoms in total. The second-order valence-electron chi connectivity index (χ2n) is 5.29. The minimum Gasteiger partial charge on any atom is -0.388 e. The lowest BCUT2D eigenvalue weighted by molar-refractivity contribution is -0.0481. The largest absolute Gasteiger partial charge is 0.388 e. The van der Waals surface area contributed by atoms with E-state index >= 15 is 0 Å². The van der Waals surface area contributed by atoms with E-state index in [-0.39, 0.29) is 17.1 Å². The van der Waals surface area contributed by atoms with Crippen LogP contribution in [0.5, 0.6) is 0 Å². The fourth-order valence-corrected chi connectivity index (χ4v) is 2.75. The maximum absolute atomic E-state index is 12.5. The molecule has 1 amide bonds. The summed E-state index contributed by atoms with van der Waals surface area (Å²) < 4.78 is 0. The van der Waals surface area contributed by atoms with Gasteiger partial charge in [-0.2, -0.15) is 0 Å². The van der Waals surface area contributed by atoms with Crippen molar-refractivity contribution in [3.05, 3.63) is 29.0 Å². The summed E-state index contributed by atoms with van der Waals surface area (Å²) in [5.41, 5.74) is -0.495. The Hall–Kier alpha value is -1.17. The van der Waals surface area contributed by atoms with Crippen molar-refractivity contribution in [3.8, 4) is 0 Å². The molecule has 20 heavy (non-hydrogen) atoms. The Labute approximate surface area is 123 Å². The predicted molar refractivity (Wildman–Crippen MR) is 77.9 cm³/mol. The minimum atomic E-state index is -0.857. The van der Waals surface area contributed by atoms with Gasteiger partial charge >= 0.3 is 0 Å². The van der Waals surface area contributed by atoms with E-state index in [0.717, 1.165) is 13.1 Å². The molecule has 1 aromatic rings. The van der Waals surface area contributed by atoms with Crippen LogP contribution in [-0.4, -0.2) is 52.7 Å². The zero-order valence-corrected chi connectivity index (χ0v) is 12.5. The summed E-state index contributed by atoms with van der Waals surface area (Å²) in [5.74, 6) is -0.220. The van der Waals surface area contributed by atoms with E-state index in [1.54, 1.807) is 30.3 Å². The van der Waals surface area contributed by atoms with Crippen LogP contribution in [0, 0.1) is 0 Å². The van der Waals surface area contributed by atoms with Gasteiger partial charge in [-0.1, -0.05) is 11.6 Å². The molecule has 2 N–H and O–H groups in total. The van der Waals surface area contributed by atoms with Crippen LogP contribution in [0.2, 0.25) is 5.15 Å². The molecule has 110 valence electrons. The normalized spacial score (nSPS) is 19.4. The van der Waals surface area contributed by atoms with Crippen LogP contribution >= 0.6 is 11.6 Å². The molecule has 0 spiro atoms. The fourth-order valence-electron chi connectivity index (χ4n) is 2.55. The first-order chi connectivity index (χ1) is 9.46. The first-order valence-corrected chi connectivity index (χ1v) is 7.14. The molecule has 1 unspecified atom stereocenters. The lowest BCUT2D eigenvalue weighted by Gasteiger charge is -2.42. The Morgan fingerprint density at radius 2 is 2.20 bits per heavy atom. The van der Waals surface area contributed by atoms with Gasteiger partial charge in [0.1, 0.15) is 5.15 Å². The monoisotopic (exact) mass is 297 g/mol. The van der Waals surface area contributed by atoms with Gasteiger partial charge in [-0.05, 0) is 45.0 Å². The maximum Gasteiger partial charge on any atom is 0.257 e. The number of likely N-dealkylation sites (N-methyl/N-ethyl adjacent to an activating group) is 1. The van der Waals surface area contributed by atoms with E-state index in [0.29, 0.717) is 18.4 Å². The average Bonchev–Trinajstić information content (AvgIpc) is 2.46. The lowest BCUT2D eigenvalue weighted by atomic mass is 9.85. The predicted octanol–water partition coefficient (Wildman–Crippen LogP) is 1.31. The summed E-state index contributed by atoms with van der Waals surface area (Å²) >= 11 is 5.96. The van der Waals surface area contributed by atoms with Crippen LogP contribution in [0.1, 0.15) is 30.1 Å². The van der Waals surface area contributed by atoms with Gasteiger partial charge in [-0.25, -0.2) is 4.98 Å². The van der Waals surface area contributed by atoms with Crippen molar-refractivity contribution in [2.75, 3.05) is 20.1 Å². The van der Waals surface area contributed by atoms with Crippen molar-refractivity contribution in [1.82, 2.24) is 15.2 Å². The highest BCUT2D eigenvalue weighted by molar-refractivity contribution is 6.32. The standard InChI is InChI=1S/C14H20ClN3O2/c1-10(14(20)5-8-16-9-6-14)18(2)13(19)11-4-3-7-17-12(11)15/h3-4,7,10,16,20H,5-6,8-9H2,1-2H3. The molecule has 0 bridgehead atoms. The molecule has 6 heteroatoms. The third-order valence-corrected chi connectivity index (χ3v) is 4.44. The number of nitrogens with zero attached hydrogens (tertiary/aromatic N) is 2. The van der Waals surface area contributed by atoms with Gasteiger partial charge in [0.25, 0.3) is 5.91 Å². The quantitative estimate of drug-likeness (QED) is 0.826. The van der Waals surface area contributed by atoms with Crippen LogP contribution in [0.15, 0.2) is 18.3 Å². The Balaban J connectivity index is 2.16. The number of rotatable bonds is 3. The van der Waals surface area contributed by atoms with Crippen molar-refractivity contribution < 1.29 is 9.90 Å². The number of halogens is 1. The number of nitrogens with one attached hydrogen (secondary N) is 1. The van der Waals surface area contributed by atoms with Crippen molar-refractivity contribution in [1.29, 1.82) is 0 Å². The van der Waals surface area contributed by atoms with Crippen molar-refractivity contribution in [3.63, 3.8) is 0 Å². The molecule has 0 aromatic carbocycles. The number of hydrogen-bond donors (Lipinski definition) is 2. The van der Waals surface area contributed by atoms with E-state index in [4.69, 9.17) is 11.6 Å². The third-order valence-electron chi connectivity index (χ3n) is 4.14. The van der Waals surface area contributed by atoms with E-state index in [9.17, 15) is 9.90 Å². The average molecular weight is 298 g/mol. The van der Waals surface area contributed by atoms with Crippen molar-refractivity contribution in [2.45, 2.75) is 31.4 Å². The first kappa shape index (κ1) is 15.2. The van der Waals surface area contributed by atoms with Crippen LogP contribution < -0.4 is 5.32 Å². The highest BCUT2D eigenvalue weighted by atomic mass is 35.5. The molecular formula is C14H20ClN3O2. The highest BCUT2D eigenvalue weighted by Crippen LogP contribution is 2.27. The number of carbonyl (C=O) groups excluding carboxylic acids is 1. The molecular weight excluding hydrogens is 278 g/mol. The van der Waals surface area contributed by atoms with Crippen LogP contribution in [0.3, 0.4) is 0 Å². The number of piperidine rings is 1. The summed E-state index contributed by atoms with van der Waals surface area (Å²) in [7, 11) is 1.69. The maximum atomic E-state index is 12.5. The summed E-state index contributed by atoms with van der Waals surface area (Å²) in [5, 5.41) is 14.1. The number of carbonyl (C=O) groups is 1. The van der Waals surface area contributed by atoms with Gasteiger partial charge in [-0.3, -0.25) is 4.79 Å². The van der Waals surface area contributed by atoms with E-state index in [2.05, 4.69) is 10.3 Å². The van der Waals surface area contributed by atoms with Crippen LogP contribution in [-0.2, 0) is 0 Å². The van der Waals surface area contributed by atoms with Gasteiger partial charge in [-0.15, -0.1) is 0 Å². The van der Waals surface area contributed by atoms with Gasteiger partial charge in [0.2, 0.25) is 0 Å². The van der Waals surface area contributed by atoms with Gasteiger partial charge in [0.15, 0.2) is 0 Å². The third kappa shape index (κ3) is 2.95. The van der Waals surface area contributed by atoms with Gasteiger partial charge in [0, 0.05) is 13.2 Å². The summed E-state index contributed by atoms with van der Waals surface area (Å²) in [4.78, 5) is 17.9. The summed E-state index contributed by atoms with van der Waals surface area (Å²) in [6.45, 7) is 3.39. The zero-order valence-electron chi connectivity index (χ0n) is 11.8. The number of aliphatic hydroxyl groups is 1. The second-order valence-corrected chi connectivity index (χ2v) is 5.65. The van der Waals surface area contributed by atoms with E-state index in [1.165, 1.54) is 0 Å². The summed E-state index contributed by atoms with van der Waals surface area (Å²) in [6, 6.07) is 3.04. The number of hydrogen-bond acceptors (Lipinski definition) is 4. The SMILES string of the molecule is CC(N(C)C(=O)c1cccnc1Cl)C1(O)CCNCC1. The Kier molecular flexibility index (Phi) is 4.62. The van der Waals surface area contributed by atoms with Gasteiger partial charge < -0.3 is 15.3 Å². The Morgan fingerprint density at radius 1 is 1.55 bits per heavy atom. The number of aromatic nitrogens is 1. The van der Waals surface area contributed by atoms with Crippen LogP contribution in [0.4, 0.5) is 0 Å². The Morgan fingerprint density at radius 3 is 2.80 bits per heavy atom. The molecule has 0 radical (unpaired) electrons. The molecule has 1 saturated heterocycles. The Bertz CT molecular complexity index is 489. The molecule has 2 heterocycles.